The average molecular weight is 352 g/mol. The van der Waals surface area contributed by atoms with Crippen LogP contribution in [0.15, 0.2) is 34.8 Å². The molecule has 4 heteroatoms. The van der Waals surface area contributed by atoms with Crippen molar-refractivity contribution in [3.8, 4) is 5.75 Å². The maximum Gasteiger partial charge on any atom is 0.197 e. The highest BCUT2D eigenvalue weighted by atomic mass is 79.9. The molecule has 0 aromatic heterocycles. The predicted octanol–water partition coefficient (Wildman–Crippen LogP) is 4.58. The van der Waals surface area contributed by atoms with Crippen LogP contribution in [0.3, 0.4) is 0 Å². The maximum absolute atomic E-state index is 12.8. The van der Waals surface area contributed by atoms with Gasteiger partial charge >= 0.3 is 0 Å². The van der Waals surface area contributed by atoms with Crippen LogP contribution in [-0.2, 0) is 6.42 Å². The number of hydrogen-bond donors (Lipinski definition) is 0. The van der Waals surface area contributed by atoms with Crippen LogP contribution in [0.4, 0.5) is 0 Å². The van der Waals surface area contributed by atoms with Gasteiger partial charge in [0, 0.05) is 21.5 Å². The van der Waals surface area contributed by atoms with Crippen molar-refractivity contribution >= 4 is 33.3 Å². The summed E-state index contributed by atoms with van der Waals surface area (Å²) >= 11 is 9.59. The largest absolute Gasteiger partial charge is 0.492 e. The number of carbonyl (C=O) groups excluding carboxylic acids is 1. The number of aryl methyl sites for hydroxylation is 1. The van der Waals surface area contributed by atoms with Gasteiger partial charge in [0.05, 0.1) is 12.2 Å². The van der Waals surface area contributed by atoms with Gasteiger partial charge in [-0.15, -0.1) is 0 Å². The van der Waals surface area contributed by atoms with E-state index in [-0.39, 0.29) is 5.78 Å². The SMILES string of the molecule is Cc1cccc(C(=O)c2cc(Cl)cc3c2OCC3)c1Br. The van der Waals surface area contributed by atoms with Crippen molar-refractivity contribution in [1.29, 1.82) is 0 Å². The van der Waals surface area contributed by atoms with Crippen molar-refractivity contribution in [1.82, 2.24) is 0 Å². The van der Waals surface area contributed by atoms with Gasteiger partial charge in [0.15, 0.2) is 5.78 Å². The summed E-state index contributed by atoms with van der Waals surface area (Å²) < 4.78 is 6.42. The highest BCUT2D eigenvalue weighted by Gasteiger charge is 2.24. The van der Waals surface area contributed by atoms with Gasteiger partial charge in [-0.25, -0.2) is 0 Å². The van der Waals surface area contributed by atoms with Gasteiger partial charge in [-0.05, 0) is 52.2 Å². The van der Waals surface area contributed by atoms with E-state index in [1.54, 1.807) is 6.07 Å². The average Bonchev–Trinajstić information content (AvgIpc) is 2.88. The fraction of sp³-hybridized carbons (Fsp3) is 0.188. The quantitative estimate of drug-likeness (QED) is 0.741. The first-order valence-electron chi connectivity index (χ1n) is 6.33. The van der Waals surface area contributed by atoms with Gasteiger partial charge in [-0.1, -0.05) is 23.7 Å². The van der Waals surface area contributed by atoms with E-state index in [0.29, 0.717) is 28.5 Å². The minimum absolute atomic E-state index is 0.0683. The van der Waals surface area contributed by atoms with Crippen LogP contribution >= 0.6 is 27.5 Å². The number of ether oxygens (including phenoxy) is 1. The number of benzene rings is 2. The number of ketones is 1. The second-order valence-electron chi connectivity index (χ2n) is 4.81. The Hall–Kier alpha value is -1.32. The molecule has 2 nitrogen and oxygen atoms in total. The molecule has 0 radical (unpaired) electrons. The molecule has 0 atom stereocenters. The lowest BCUT2D eigenvalue weighted by molar-refractivity contribution is 0.103. The molecule has 3 rings (SSSR count). The third-order valence-corrected chi connectivity index (χ3v) is 4.70. The normalized spacial score (nSPS) is 12.9. The Morgan fingerprint density at radius 3 is 2.90 bits per heavy atom. The third-order valence-electron chi connectivity index (χ3n) is 3.43. The Bertz CT molecular complexity index is 710. The molecule has 2 aromatic rings. The van der Waals surface area contributed by atoms with E-state index in [2.05, 4.69) is 15.9 Å². The molecule has 0 saturated heterocycles. The summed E-state index contributed by atoms with van der Waals surface area (Å²) in [7, 11) is 0. The molecular formula is C16H12BrClO2. The molecule has 0 unspecified atom stereocenters. The molecule has 1 aliphatic heterocycles. The van der Waals surface area contributed by atoms with E-state index in [0.717, 1.165) is 22.0 Å². The van der Waals surface area contributed by atoms with Crippen LogP contribution in [0.5, 0.6) is 5.75 Å². The zero-order valence-corrected chi connectivity index (χ0v) is 13.2. The Labute approximate surface area is 130 Å². The van der Waals surface area contributed by atoms with Crippen molar-refractivity contribution in [2.45, 2.75) is 13.3 Å². The molecule has 0 bridgehead atoms. The Balaban J connectivity index is 2.14. The summed E-state index contributed by atoms with van der Waals surface area (Å²) in [6, 6.07) is 9.19. The second-order valence-corrected chi connectivity index (χ2v) is 6.04. The molecule has 0 amide bonds. The molecular weight excluding hydrogens is 340 g/mol. The van der Waals surface area contributed by atoms with E-state index < -0.39 is 0 Å². The summed E-state index contributed by atoms with van der Waals surface area (Å²) in [6.07, 6.45) is 0.797. The Morgan fingerprint density at radius 1 is 1.30 bits per heavy atom. The van der Waals surface area contributed by atoms with Crippen LogP contribution in [-0.4, -0.2) is 12.4 Å². The fourth-order valence-electron chi connectivity index (χ4n) is 2.41. The zero-order chi connectivity index (χ0) is 14.3. The number of hydrogen-bond acceptors (Lipinski definition) is 2. The third kappa shape index (κ3) is 2.25. The van der Waals surface area contributed by atoms with Crippen LogP contribution in [0.2, 0.25) is 5.02 Å². The van der Waals surface area contributed by atoms with Gasteiger partial charge in [-0.3, -0.25) is 4.79 Å². The van der Waals surface area contributed by atoms with Crippen LogP contribution in [0.1, 0.15) is 27.0 Å². The van der Waals surface area contributed by atoms with Crippen LogP contribution in [0.25, 0.3) is 0 Å². The van der Waals surface area contributed by atoms with Crippen molar-refractivity contribution in [3.63, 3.8) is 0 Å². The molecule has 0 fully saturated rings. The van der Waals surface area contributed by atoms with Crippen LogP contribution in [0, 0.1) is 6.92 Å². The summed E-state index contributed by atoms with van der Waals surface area (Å²) in [5, 5.41) is 0.571. The first-order chi connectivity index (χ1) is 9.58. The molecule has 0 N–H and O–H groups in total. The van der Waals surface area contributed by atoms with E-state index in [1.165, 1.54) is 0 Å². The fourth-order valence-corrected chi connectivity index (χ4v) is 3.09. The van der Waals surface area contributed by atoms with E-state index in [9.17, 15) is 4.79 Å². The molecule has 1 aliphatic rings. The van der Waals surface area contributed by atoms with Gasteiger partial charge in [0.1, 0.15) is 5.75 Å². The molecule has 1 heterocycles. The molecule has 2 aromatic carbocycles. The molecule has 0 spiro atoms. The summed E-state index contributed by atoms with van der Waals surface area (Å²) in [5.74, 6) is 0.606. The Morgan fingerprint density at radius 2 is 2.10 bits per heavy atom. The van der Waals surface area contributed by atoms with Crippen molar-refractivity contribution in [3.05, 3.63) is 62.1 Å². The molecule has 102 valence electrons. The molecule has 0 aliphatic carbocycles. The monoisotopic (exact) mass is 350 g/mol. The lowest BCUT2D eigenvalue weighted by atomic mass is 9.98. The number of fused-ring (bicyclic) bond motifs is 1. The van der Waals surface area contributed by atoms with E-state index in [4.69, 9.17) is 16.3 Å². The topological polar surface area (TPSA) is 26.3 Å². The number of halogens is 2. The maximum atomic E-state index is 12.8. The zero-order valence-electron chi connectivity index (χ0n) is 10.9. The number of carbonyl (C=O) groups is 1. The van der Waals surface area contributed by atoms with Gasteiger partial charge in [0.25, 0.3) is 0 Å². The van der Waals surface area contributed by atoms with Gasteiger partial charge in [0.2, 0.25) is 0 Å². The predicted molar refractivity (Wildman–Crippen MR) is 83.0 cm³/mol. The lowest BCUT2D eigenvalue weighted by Gasteiger charge is -2.10. The summed E-state index contributed by atoms with van der Waals surface area (Å²) in [5.41, 5.74) is 3.20. The van der Waals surface area contributed by atoms with E-state index >= 15 is 0 Å². The smallest absolute Gasteiger partial charge is 0.197 e. The first-order valence-corrected chi connectivity index (χ1v) is 7.50. The summed E-state index contributed by atoms with van der Waals surface area (Å²) in [6.45, 7) is 2.56. The number of rotatable bonds is 2. The van der Waals surface area contributed by atoms with Gasteiger partial charge in [-0.2, -0.15) is 0 Å². The standard InChI is InChI=1S/C16H12BrClO2/c1-9-3-2-4-12(14(9)17)15(19)13-8-11(18)7-10-5-6-20-16(10)13/h2-4,7-8H,5-6H2,1H3. The first kappa shape index (κ1) is 13.7. The molecule has 0 saturated carbocycles. The minimum atomic E-state index is -0.0683. The minimum Gasteiger partial charge on any atom is -0.492 e. The second kappa shape index (κ2) is 5.23. The highest BCUT2D eigenvalue weighted by molar-refractivity contribution is 9.10. The van der Waals surface area contributed by atoms with E-state index in [1.807, 2.05) is 31.2 Å². The Kier molecular flexibility index (Phi) is 3.57. The van der Waals surface area contributed by atoms with Crippen LogP contribution < -0.4 is 4.74 Å². The van der Waals surface area contributed by atoms with Crippen molar-refractivity contribution in [2.24, 2.45) is 0 Å². The molecule has 20 heavy (non-hydrogen) atoms. The highest BCUT2D eigenvalue weighted by Crippen LogP contribution is 2.35. The van der Waals surface area contributed by atoms with Crippen molar-refractivity contribution in [2.75, 3.05) is 6.61 Å². The van der Waals surface area contributed by atoms with Gasteiger partial charge < -0.3 is 4.74 Å². The summed E-state index contributed by atoms with van der Waals surface area (Å²) in [4.78, 5) is 12.8. The van der Waals surface area contributed by atoms with Crippen molar-refractivity contribution < 1.29 is 9.53 Å². The lowest BCUT2D eigenvalue weighted by Crippen LogP contribution is -2.05.